The first-order valence-corrected chi connectivity index (χ1v) is 10.6. The predicted octanol–water partition coefficient (Wildman–Crippen LogP) is 2.06. The van der Waals surface area contributed by atoms with Crippen molar-refractivity contribution >= 4 is 23.6 Å². The third-order valence-corrected chi connectivity index (χ3v) is 5.45. The molecule has 1 atom stereocenters. The molecule has 11 heteroatoms. The van der Waals surface area contributed by atoms with E-state index in [2.05, 4.69) is 4.99 Å². The number of aliphatic imine (C=N–C) groups is 1. The highest BCUT2D eigenvalue weighted by atomic mass is 19.4. The number of halogens is 3. The van der Waals surface area contributed by atoms with Crippen molar-refractivity contribution in [2.45, 2.75) is 25.1 Å². The van der Waals surface area contributed by atoms with Crippen molar-refractivity contribution < 1.29 is 32.3 Å². The first kappa shape index (κ1) is 25.2. The zero-order valence-electron chi connectivity index (χ0n) is 18.5. The fraction of sp³-hybridized carbons (Fsp3) is 0.391. The van der Waals surface area contributed by atoms with E-state index in [9.17, 15) is 27.6 Å². The summed E-state index contributed by atoms with van der Waals surface area (Å²) in [6.45, 7) is 1.35. The van der Waals surface area contributed by atoms with Gasteiger partial charge >= 0.3 is 12.1 Å². The van der Waals surface area contributed by atoms with E-state index in [1.807, 2.05) is 18.2 Å². The van der Waals surface area contributed by atoms with E-state index in [1.165, 1.54) is 29.2 Å². The second kappa shape index (κ2) is 10.6. The van der Waals surface area contributed by atoms with Crippen molar-refractivity contribution in [2.24, 2.45) is 10.7 Å². The number of ether oxygens (including phenoxy) is 1. The molecule has 1 saturated heterocycles. The second-order valence-corrected chi connectivity index (χ2v) is 7.93. The van der Waals surface area contributed by atoms with Gasteiger partial charge in [-0.05, 0) is 25.0 Å². The number of nitrogens with two attached hydrogens (primary N) is 1. The number of hydrogen-bond donors (Lipinski definition) is 1. The number of nitrogens with zero attached hydrogens (tertiary/aromatic N) is 3. The highest BCUT2D eigenvalue weighted by Gasteiger charge is 2.39. The Morgan fingerprint density at radius 3 is 2.47 bits per heavy atom. The Balaban J connectivity index is 1.67. The molecule has 182 valence electrons. The van der Waals surface area contributed by atoms with Crippen LogP contribution in [0.4, 0.5) is 13.2 Å². The fourth-order valence-electron chi connectivity index (χ4n) is 3.65. The van der Waals surface area contributed by atoms with Crippen LogP contribution in [0, 0.1) is 0 Å². The molecule has 2 N–H and O–H groups in total. The number of hydrogen-bond acceptors (Lipinski definition) is 4. The number of morpholine rings is 1. The van der Waals surface area contributed by atoms with Gasteiger partial charge in [0.15, 0.2) is 0 Å². The Morgan fingerprint density at radius 1 is 1.18 bits per heavy atom. The molecule has 1 heterocycles. The molecule has 0 bridgehead atoms. The summed E-state index contributed by atoms with van der Waals surface area (Å²) in [5.41, 5.74) is 6.44. The summed E-state index contributed by atoms with van der Waals surface area (Å²) in [5, 5.41) is 0. The largest absolute Gasteiger partial charge is 0.473 e. The number of amidine groups is 1. The molecule has 2 aliphatic rings. The molecular formula is C23H25F3N4O4. The lowest BCUT2D eigenvalue weighted by Crippen LogP contribution is -2.54. The number of likely N-dealkylation sites (N-methyl/N-ethyl adjacent to an activating group) is 1. The number of benzene rings is 1. The number of alkyl halides is 3. The van der Waals surface area contributed by atoms with Crippen molar-refractivity contribution in [1.82, 2.24) is 9.80 Å². The zero-order valence-corrected chi connectivity index (χ0v) is 18.5. The summed E-state index contributed by atoms with van der Waals surface area (Å²) in [5.74, 6) is -3.37. The van der Waals surface area contributed by atoms with Gasteiger partial charge in [-0.25, -0.2) is 0 Å². The van der Waals surface area contributed by atoms with Gasteiger partial charge in [-0.1, -0.05) is 30.4 Å². The van der Waals surface area contributed by atoms with Gasteiger partial charge in [-0.2, -0.15) is 18.2 Å². The third-order valence-electron chi connectivity index (χ3n) is 5.45. The average Bonchev–Trinajstić information content (AvgIpc) is 2.83. The van der Waals surface area contributed by atoms with Crippen LogP contribution < -0.4 is 5.73 Å². The lowest BCUT2D eigenvalue weighted by molar-refractivity contribution is -0.169. The topological polar surface area (TPSA) is 105 Å². The monoisotopic (exact) mass is 478 g/mol. The van der Waals surface area contributed by atoms with Crippen LogP contribution in [0.2, 0.25) is 0 Å². The number of carbonyl (C=O) groups excluding carboxylic acids is 3. The molecule has 3 rings (SSSR count). The quantitative estimate of drug-likeness (QED) is 0.515. The lowest BCUT2D eigenvalue weighted by Gasteiger charge is -2.38. The molecular weight excluding hydrogens is 453 g/mol. The summed E-state index contributed by atoms with van der Waals surface area (Å²) in [7, 11) is 1.59. The molecule has 1 aromatic carbocycles. The van der Waals surface area contributed by atoms with Crippen molar-refractivity contribution in [1.29, 1.82) is 0 Å². The van der Waals surface area contributed by atoms with Crippen molar-refractivity contribution in [2.75, 3.05) is 33.4 Å². The van der Waals surface area contributed by atoms with Gasteiger partial charge in [-0.3, -0.25) is 14.4 Å². The molecule has 0 radical (unpaired) electrons. The van der Waals surface area contributed by atoms with Gasteiger partial charge in [-0.15, -0.1) is 0 Å². The molecule has 34 heavy (non-hydrogen) atoms. The van der Waals surface area contributed by atoms with Crippen LogP contribution in [-0.4, -0.2) is 78.9 Å². The lowest BCUT2D eigenvalue weighted by atomic mass is 10.0. The average molecular weight is 478 g/mol. The smallest absolute Gasteiger partial charge is 0.383 e. The van der Waals surface area contributed by atoms with E-state index in [-0.39, 0.29) is 35.5 Å². The minimum atomic E-state index is -5.12. The maximum absolute atomic E-state index is 13.0. The minimum absolute atomic E-state index is 0.0723. The Morgan fingerprint density at radius 2 is 1.85 bits per heavy atom. The third kappa shape index (κ3) is 6.10. The van der Waals surface area contributed by atoms with E-state index in [1.54, 1.807) is 11.9 Å². The molecule has 1 fully saturated rings. The first-order valence-electron chi connectivity index (χ1n) is 10.6. The zero-order chi connectivity index (χ0) is 24.9. The number of amides is 3. The van der Waals surface area contributed by atoms with Crippen LogP contribution in [0.1, 0.15) is 28.8 Å². The standard InChI is InChI=1S/C23H25F3N4O4/c1-29(13-18-14-34-12-11-30(18)21(32)16-5-3-2-4-6-16)20(31)17-9-7-15(8-10-17)19(27)28-22(33)23(24,25)26/h3,5-10,18H,2,4,11-14H2,1H3,(H2,27,28,33). The molecule has 8 nitrogen and oxygen atoms in total. The SMILES string of the molecule is CN(CC1COCCN1C(=O)C1=CCCC=C1)C(=O)c1ccc(C(N)=NC(=O)C(F)(F)F)cc1. The van der Waals surface area contributed by atoms with E-state index < -0.39 is 17.9 Å². The number of carbonyl (C=O) groups is 3. The number of allylic oxidation sites excluding steroid dienone is 2. The highest BCUT2D eigenvalue weighted by Crippen LogP contribution is 2.19. The minimum Gasteiger partial charge on any atom is -0.383 e. The highest BCUT2D eigenvalue weighted by molar-refractivity contribution is 6.05. The van der Waals surface area contributed by atoms with Crippen LogP contribution in [0.15, 0.2) is 53.1 Å². The van der Waals surface area contributed by atoms with E-state index >= 15 is 0 Å². The van der Waals surface area contributed by atoms with E-state index in [4.69, 9.17) is 10.5 Å². The van der Waals surface area contributed by atoms with Crippen LogP contribution in [0.5, 0.6) is 0 Å². The second-order valence-electron chi connectivity index (χ2n) is 7.93. The Bertz CT molecular complexity index is 1030. The molecule has 1 aromatic rings. The Kier molecular flexibility index (Phi) is 7.87. The van der Waals surface area contributed by atoms with Crippen LogP contribution in [0.25, 0.3) is 0 Å². The van der Waals surface area contributed by atoms with E-state index in [0.29, 0.717) is 25.3 Å². The van der Waals surface area contributed by atoms with Crippen LogP contribution in [0.3, 0.4) is 0 Å². The van der Waals surface area contributed by atoms with Crippen molar-refractivity contribution in [3.05, 3.63) is 59.2 Å². The molecule has 0 saturated carbocycles. The summed E-state index contributed by atoms with van der Waals surface area (Å²) in [6.07, 6.45) is 2.26. The summed E-state index contributed by atoms with van der Waals surface area (Å²) < 4.78 is 42.6. The fourth-order valence-corrected chi connectivity index (χ4v) is 3.65. The van der Waals surface area contributed by atoms with Gasteiger partial charge < -0.3 is 20.3 Å². The molecule has 1 aliphatic heterocycles. The summed E-state index contributed by atoms with van der Waals surface area (Å²) in [4.78, 5) is 42.8. The van der Waals surface area contributed by atoms with Crippen molar-refractivity contribution in [3.8, 4) is 0 Å². The van der Waals surface area contributed by atoms with Crippen LogP contribution >= 0.6 is 0 Å². The molecule has 0 aromatic heterocycles. The summed E-state index contributed by atoms with van der Waals surface area (Å²) >= 11 is 0. The molecule has 3 amide bonds. The first-order chi connectivity index (χ1) is 16.1. The van der Waals surface area contributed by atoms with Gasteiger partial charge in [0.25, 0.3) is 11.8 Å². The van der Waals surface area contributed by atoms with Gasteiger partial charge in [0.2, 0.25) is 0 Å². The summed E-state index contributed by atoms with van der Waals surface area (Å²) in [6, 6.07) is 5.05. The number of rotatable bonds is 5. The van der Waals surface area contributed by atoms with Gasteiger partial charge in [0.05, 0.1) is 19.3 Å². The Hall–Kier alpha value is -3.47. The predicted molar refractivity (Wildman–Crippen MR) is 118 cm³/mol. The van der Waals surface area contributed by atoms with Gasteiger partial charge in [0, 0.05) is 36.8 Å². The van der Waals surface area contributed by atoms with E-state index in [0.717, 1.165) is 12.8 Å². The normalized spacial score (nSPS) is 18.9. The maximum Gasteiger partial charge on any atom is 0.473 e. The Labute approximate surface area is 194 Å². The molecule has 1 unspecified atom stereocenters. The molecule has 1 aliphatic carbocycles. The van der Waals surface area contributed by atoms with Gasteiger partial charge in [0.1, 0.15) is 5.84 Å². The maximum atomic E-state index is 13.0. The van der Waals surface area contributed by atoms with Crippen molar-refractivity contribution in [3.63, 3.8) is 0 Å². The van der Waals surface area contributed by atoms with Crippen LogP contribution in [-0.2, 0) is 14.3 Å². The molecule has 0 spiro atoms.